The molecule has 24 heavy (non-hydrogen) atoms. The van der Waals surface area contributed by atoms with E-state index < -0.39 is 6.36 Å². The van der Waals surface area contributed by atoms with Crippen molar-refractivity contribution in [3.05, 3.63) is 41.4 Å². The molecule has 1 fully saturated rings. The van der Waals surface area contributed by atoms with E-state index in [9.17, 15) is 13.2 Å². The summed E-state index contributed by atoms with van der Waals surface area (Å²) >= 11 is 5.94. The van der Waals surface area contributed by atoms with Crippen LogP contribution in [0, 0.1) is 0 Å². The molecule has 0 aromatic heterocycles. The molecule has 9 heteroatoms. The van der Waals surface area contributed by atoms with Gasteiger partial charge >= 0.3 is 6.36 Å². The fourth-order valence-corrected chi connectivity index (χ4v) is 2.81. The SMILES string of the molecule is C=CC[C@@H](c1ccc(OC(F)(F)F)c(Cl)c1)N1CCNCC1.Cl.Cl. The molecule has 0 spiro atoms. The van der Waals surface area contributed by atoms with E-state index in [1.807, 2.05) is 0 Å². The van der Waals surface area contributed by atoms with Crippen molar-refractivity contribution < 1.29 is 17.9 Å². The van der Waals surface area contributed by atoms with Crippen molar-refractivity contribution in [3.63, 3.8) is 0 Å². The number of piperazine rings is 1. The third-order valence-corrected chi connectivity index (χ3v) is 3.84. The Morgan fingerprint density at radius 3 is 2.42 bits per heavy atom. The van der Waals surface area contributed by atoms with Crippen LogP contribution in [0.2, 0.25) is 5.02 Å². The third kappa shape index (κ3) is 6.69. The first-order valence-corrected chi connectivity index (χ1v) is 7.39. The maximum absolute atomic E-state index is 12.3. The predicted octanol–water partition coefficient (Wildman–Crippen LogP) is 4.60. The highest BCUT2D eigenvalue weighted by molar-refractivity contribution is 6.32. The average Bonchev–Trinajstić information content (AvgIpc) is 2.47. The van der Waals surface area contributed by atoms with Gasteiger partial charge in [-0.1, -0.05) is 23.7 Å². The summed E-state index contributed by atoms with van der Waals surface area (Å²) < 4.78 is 40.7. The molecule has 0 aliphatic carbocycles. The largest absolute Gasteiger partial charge is 0.573 e. The van der Waals surface area contributed by atoms with Gasteiger partial charge in [0.2, 0.25) is 0 Å². The van der Waals surface area contributed by atoms with Gasteiger partial charge in [0.1, 0.15) is 5.75 Å². The lowest BCUT2D eigenvalue weighted by molar-refractivity contribution is -0.274. The standard InChI is InChI=1S/C15H18ClF3N2O.2ClH/c1-2-3-13(21-8-6-20-7-9-21)11-4-5-14(12(16)10-11)22-15(17,18)19;;/h2,4-5,10,13,20H,1,3,6-9H2;2*1H/t13-;;/m0../s1. The van der Waals surface area contributed by atoms with Crippen LogP contribution in [0.25, 0.3) is 0 Å². The quantitative estimate of drug-likeness (QED) is 0.722. The van der Waals surface area contributed by atoms with Gasteiger partial charge in [-0.05, 0) is 24.1 Å². The van der Waals surface area contributed by atoms with E-state index in [-0.39, 0.29) is 41.6 Å². The molecule has 3 nitrogen and oxygen atoms in total. The Kier molecular flexibility index (Phi) is 10.1. The van der Waals surface area contributed by atoms with Gasteiger partial charge in [-0.3, -0.25) is 4.90 Å². The van der Waals surface area contributed by atoms with Crippen LogP contribution in [0.3, 0.4) is 0 Å². The monoisotopic (exact) mass is 406 g/mol. The van der Waals surface area contributed by atoms with Crippen LogP contribution >= 0.6 is 36.4 Å². The molecule has 138 valence electrons. The van der Waals surface area contributed by atoms with Crippen molar-refractivity contribution in [2.45, 2.75) is 18.8 Å². The summed E-state index contributed by atoms with van der Waals surface area (Å²) in [6.07, 6.45) is -2.24. The van der Waals surface area contributed by atoms with Crippen molar-refractivity contribution in [1.82, 2.24) is 10.2 Å². The molecule has 1 atom stereocenters. The van der Waals surface area contributed by atoms with E-state index in [2.05, 4.69) is 21.5 Å². The average molecular weight is 408 g/mol. The lowest BCUT2D eigenvalue weighted by atomic mass is 10.0. The van der Waals surface area contributed by atoms with Crippen LogP contribution in [0.5, 0.6) is 5.75 Å². The summed E-state index contributed by atoms with van der Waals surface area (Å²) in [6.45, 7) is 7.28. The highest BCUT2D eigenvalue weighted by atomic mass is 35.5. The molecule has 1 aromatic rings. The maximum Gasteiger partial charge on any atom is 0.573 e. The van der Waals surface area contributed by atoms with Crippen LogP contribution in [0.15, 0.2) is 30.9 Å². The van der Waals surface area contributed by atoms with E-state index in [1.54, 1.807) is 18.2 Å². The Morgan fingerprint density at radius 2 is 1.92 bits per heavy atom. The van der Waals surface area contributed by atoms with Crippen LogP contribution in [-0.2, 0) is 0 Å². The number of nitrogens with zero attached hydrogens (tertiary/aromatic N) is 1. The molecule has 0 radical (unpaired) electrons. The van der Waals surface area contributed by atoms with Gasteiger partial charge in [-0.25, -0.2) is 0 Å². The van der Waals surface area contributed by atoms with Gasteiger partial charge in [0, 0.05) is 32.2 Å². The summed E-state index contributed by atoms with van der Waals surface area (Å²) in [7, 11) is 0. The van der Waals surface area contributed by atoms with Crippen LogP contribution in [-0.4, -0.2) is 37.4 Å². The number of hydrogen-bond donors (Lipinski definition) is 1. The smallest absolute Gasteiger partial charge is 0.404 e. The van der Waals surface area contributed by atoms with E-state index in [4.69, 9.17) is 11.6 Å². The Balaban J connectivity index is 0.00000264. The Morgan fingerprint density at radius 1 is 1.29 bits per heavy atom. The molecule has 0 amide bonds. The molecule has 1 aromatic carbocycles. The molecular formula is C15H20Cl3F3N2O. The van der Waals surface area contributed by atoms with Gasteiger partial charge in [0.25, 0.3) is 0 Å². The minimum Gasteiger partial charge on any atom is -0.404 e. The molecule has 0 saturated carbocycles. The first-order chi connectivity index (χ1) is 10.4. The number of alkyl halides is 3. The minimum atomic E-state index is -4.75. The summed E-state index contributed by atoms with van der Waals surface area (Å²) in [6, 6.07) is 4.49. The second-order valence-corrected chi connectivity index (χ2v) is 5.47. The number of ether oxygens (including phenoxy) is 1. The summed E-state index contributed by atoms with van der Waals surface area (Å²) in [4.78, 5) is 2.27. The fraction of sp³-hybridized carbons (Fsp3) is 0.467. The van der Waals surface area contributed by atoms with Gasteiger partial charge in [0.15, 0.2) is 0 Å². The van der Waals surface area contributed by atoms with Crippen LogP contribution in [0.1, 0.15) is 18.0 Å². The highest BCUT2D eigenvalue weighted by Gasteiger charge is 2.32. The van der Waals surface area contributed by atoms with Crippen LogP contribution < -0.4 is 10.1 Å². The zero-order valence-corrected chi connectivity index (χ0v) is 15.2. The van der Waals surface area contributed by atoms with Gasteiger partial charge in [-0.15, -0.1) is 44.6 Å². The Labute approximate surface area is 157 Å². The van der Waals surface area contributed by atoms with Gasteiger partial charge < -0.3 is 10.1 Å². The number of hydrogen-bond acceptors (Lipinski definition) is 3. The van der Waals surface area contributed by atoms with Crippen molar-refractivity contribution in [1.29, 1.82) is 0 Å². The molecule has 1 N–H and O–H groups in total. The van der Waals surface area contributed by atoms with E-state index >= 15 is 0 Å². The van der Waals surface area contributed by atoms with E-state index in [0.717, 1.165) is 31.7 Å². The first-order valence-electron chi connectivity index (χ1n) is 7.01. The second-order valence-electron chi connectivity index (χ2n) is 5.06. The van der Waals surface area contributed by atoms with Crippen LogP contribution in [0.4, 0.5) is 13.2 Å². The zero-order valence-electron chi connectivity index (χ0n) is 12.8. The molecule has 1 aliphatic rings. The van der Waals surface area contributed by atoms with E-state index in [0.29, 0.717) is 6.42 Å². The highest BCUT2D eigenvalue weighted by Crippen LogP contribution is 2.34. The molecular weight excluding hydrogens is 388 g/mol. The topological polar surface area (TPSA) is 24.5 Å². The summed E-state index contributed by atoms with van der Waals surface area (Å²) in [5, 5.41) is 3.23. The molecule has 0 bridgehead atoms. The third-order valence-electron chi connectivity index (χ3n) is 3.55. The second kappa shape index (κ2) is 10.4. The summed E-state index contributed by atoms with van der Waals surface area (Å²) in [5.74, 6) is -0.379. The molecule has 1 heterocycles. The normalized spacial score (nSPS) is 16.5. The van der Waals surface area contributed by atoms with Crippen molar-refractivity contribution in [2.24, 2.45) is 0 Å². The van der Waals surface area contributed by atoms with Crippen molar-refractivity contribution in [2.75, 3.05) is 26.2 Å². The Bertz CT molecular complexity index is 523. The summed E-state index contributed by atoms with van der Waals surface area (Å²) in [5.41, 5.74) is 0.862. The predicted molar refractivity (Wildman–Crippen MR) is 94.6 cm³/mol. The number of nitrogens with one attached hydrogen (secondary N) is 1. The molecule has 1 aliphatic heterocycles. The lowest BCUT2D eigenvalue weighted by Gasteiger charge is -2.35. The fourth-order valence-electron chi connectivity index (χ4n) is 2.58. The minimum absolute atomic E-state index is 0. The van der Waals surface area contributed by atoms with Crippen molar-refractivity contribution >= 4 is 36.4 Å². The first kappa shape index (κ1) is 23.3. The number of halogens is 6. The van der Waals surface area contributed by atoms with Crippen molar-refractivity contribution in [3.8, 4) is 5.75 Å². The Hall–Kier alpha value is -0.660. The molecule has 2 rings (SSSR count). The molecule has 1 saturated heterocycles. The number of benzene rings is 1. The number of rotatable bonds is 5. The molecule has 0 unspecified atom stereocenters. The lowest BCUT2D eigenvalue weighted by Crippen LogP contribution is -2.45. The van der Waals surface area contributed by atoms with Gasteiger partial charge in [0.05, 0.1) is 5.02 Å². The maximum atomic E-state index is 12.3. The van der Waals surface area contributed by atoms with Gasteiger partial charge in [-0.2, -0.15) is 0 Å². The zero-order chi connectivity index (χ0) is 16.2. The van der Waals surface area contributed by atoms with E-state index in [1.165, 1.54) is 6.07 Å².